The third-order valence-corrected chi connectivity index (χ3v) is 3.93. The summed E-state index contributed by atoms with van der Waals surface area (Å²) in [4.78, 5) is 14.0. The van der Waals surface area contributed by atoms with E-state index in [4.69, 9.17) is 9.47 Å². The lowest BCUT2D eigenvalue weighted by Crippen LogP contribution is -2.35. The molecule has 0 unspecified atom stereocenters. The Kier molecular flexibility index (Phi) is 7.29. The number of hydrogen-bond donors (Lipinski definition) is 1. The largest absolute Gasteiger partial charge is 0.497 e. The average Bonchev–Trinajstić information content (AvgIpc) is 2.62. The lowest BCUT2D eigenvalue weighted by Gasteiger charge is -2.18. The fraction of sp³-hybridized carbons (Fsp3) is 0.350. The van der Waals surface area contributed by atoms with Gasteiger partial charge in [0, 0.05) is 24.7 Å². The topological polar surface area (TPSA) is 50.8 Å². The maximum atomic E-state index is 12.1. The number of likely N-dealkylation sites (N-methyl/N-ethyl adjacent to an activating group) is 1. The van der Waals surface area contributed by atoms with E-state index in [2.05, 4.69) is 17.4 Å². The second kappa shape index (κ2) is 9.69. The number of nitrogens with zero attached hydrogens (tertiary/aromatic N) is 1. The zero-order chi connectivity index (χ0) is 18.1. The highest BCUT2D eigenvalue weighted by Gasteiger charge is 2.11. The van der Waals surface area contributed by atoms with Crippen LogP contribution in [0.15, 0.2) is 48.5 Å². The Morgan fingerprint density at radius 2 is 1.84 bits per heavy atom. The molecule has 0 aliphatic rings. The molecule has 0 heterocycles. The molecule has 0 fully saturated rings. The maximum Gasteiger partial charge on any atom is 0.234 e. The average molecular weight is 342 g/mol. The van der Waals surface area contributed by atoms with Gasteiger partial charge >= 0.3 is 0 Å². The molecule has 2 aromatic carbocycles. The molecule has 2 aromatic rings. The molecular formula is C20H26N2O3. The second-order valence-corrected chi connectivity index (χ2v) is 5.94. The molecule has 0 radical (unpaired) electrons. The van der Waals surface area contributed by atoms with E-state index in [9.17, 15) is 4.79 Å². The van der Waals surface area contributed by atoms with Gasteiger partial charge < -0.3 is 14.8 Å². The molecule has 25 heavy (non-hydrogen) atoms. The summed E-state index contributed by atoms with van der Waals surface area (Å²) in [5.74, 6) is 1.53. The zero-order valence-corrected chi connectivity index (χ0v) is 15.1. The van der Waals surface area contributed by atoms with E-state index in [0.29, 0.717) is 19.6 Å². The standard InChI is InChI=1S/C20H26N2O3/c1-22(14-17-9-10-18(24-2)13-19(17)25-3)15-20(23)21-12-11-16-7-5-4-6-8-16/h4-10,13H,11-12,14-15H2,1-3H3,(H,21,23). The molecule has 0 bridgehead atoms. The Hall–Kier alpha value is -2.53. The number of rotatable bonds is 9. The molecule has 0 saturated carbocycles. The Labute approximate surface area is 149 Å². The molecule has 1 N–H and O–H groups in total. The first-order chi connectivity index (χ1) is 12.1. The highest BCUT2D eigenvalue weighted by Crippen LogP contribution is 2.25. The molecular weight excluding hydrogens is 316 g/mol. The van der Waals surface area contributed by atoms with Crippen molar-refractivity contribution in [1.82, 2.24) is 10.2 Å². The summed E-state index contributed by atoms with van der Waals surface area (Å²) < 4.78 is 10.6. The van der Waals surface area contributed by atoms with Crippen LogP contribution in [0.5, 0.6) is 11.5 Å². The minimum Gasteiger partial charge on any atom is -0.497 e. The monoisotopic (exact) mass is 342 g/mol. The highest BCUT2D eigenvalue weighted by molar-refractivity contribution is 5.78. The van der Waals surface area contributed by atoms with Gasteiger partial charge in [0.15, 0.2) is 0 Å². The van der Waals surface area contributed by atoms with E-state index in [1.54, 1.807) is 14.2 Å². The van der Waals surface area contributed by atoms with Gasteiger partial charge in [0.25, 0.3) is 0 Å². The minimum atomic E-state index is 0.0194. The van der Waals surface area contributed by atoms with Gasteiger partial charge in [-0.05, 0) is 25.1 Å². The number of methoxy groups -OCH3 is 2. The van der Waals surface area contributed by atoms with Crippen molar-refractivity contribution in [2.45, 2.75) is 13.0 Å². The summed E-state index contributed by atoms with van der Waals surface area (Å²) in [6.45, 7) is 1.60. The van der Waals surface area contributed by atoms with Crippen molar-refractivity contribution in [3.8, 4) is 11.5 Å². The summed E-state index contributed by atoms with van der Waals surface area (Å²) in [6.07, 6.45) is 0.836. The van der Waals surface area contributed by atoms with Crippen LogP contribution in [0.4, 0.5) is 0 Å². The highest BCUT2D eigenvalue weighted by atomic mass is 16.5. The van der Waals surface area contributed by atoms with Crippen molar-refractivity contribution in [1.29, 1.82) is 0 Å². The van der Waals surface area contributed by atoms with Crippen LogP contribution in [-0.2, 0) is 17.8 Å². The van der Waals surface area contributed by atoms with Gasteiger partial charge in [0.2, 0.25) is 5.91 Å². The first-order valence-corrected chi connectivity index (χ1v) is 8.32. The summed E-state index contributed by atoms with van der Waals surface area (Å²) in [5, 5.41) is 2.96. The molecule has 0 aromatic heterocycles. The van der Waals surface area contributed by atoms with E-state index in [0.717, 1.165) is 23.5 Å². The molecule has 5 nitrogen and oxygen atoms in total. The smallest absolute Gasteiger partial charge is 0.234 e. The van der Waals surface area contributed by atoms with E-state index in [1.165, 1.54) is 5.56 Å². The van der Waals surface area contributed by atoms with Crippen LogP contribution in [0.3, 0.4) is 0 Å². The predicted octanol–water partition coefficient (Wildman–Crippen LogP) is 2.49. The van der Waals surface area contributed by atoms with Crippen LogP contribution in [0.25, 0.3) is 0 Å². The van der Waals surface area contributed by atoms with Crippen molar-refractivity contribution in [2.75, 3.05) is 34.4 Å². The number of hydrogen-bond acceptors (Lipinski definition) is 4. The third-order valence-electron chi connectivity index (χ3n) is 3.93. The van der Waals surface area contributed by atoms with Crippen LogP contribution in [-0.4, -0.2) is 45.2 Å². The summed E-state index contributed by atoms with van der Waals surface area (Å²) in [7, 11) is 5.18. The van der Waals surface area contributed by atoms with Gasteiger partial charge in [-0.1, -0.05) is 36.4 Å². The van der Waals surface area contributed by atoms with Crippen LogP contribution in [0, 0.1) is 0 Å². The Morgan fingerprint density at radius 1 is 1.08 bits per heavy atom. The normalized spacial score (nSPS) is 10.6. The first kappa shape index (κ1) is 18.8. The Morgan fingerprint density at radius 3 is 2.52 bits per heavy atom. The fourth-order valence-electron chi connectivity index (χ4n) is 2.62. The van der Waals surface area contributed by atoms with Gasteiger partial charge in [0.05, 0.1) is 20.8 Å². The molecule has 134 valence electrons. The molecule has 2 rings (SSSR count). The van der Waals surface area contributed by atoms with Crippen molar-refractivity contribution in [3.63, 3.8) is 0 Å². The quantitative estimate of drug-likeness (QED) is 0.761. The van der Waals surface area contributed by atoms with Gasteiger partial charge in [-0.15, -0.1) is 0 Å². The third kappa shape index (κ3) is 6.12. The Bertz CT molecular complexity index is 674. The summed E-state index contributed by atoms with van der Waals surface area (Å²) in [5.41, 5.74) is 2.24. The van der Waals surface area contributed by atoms with E-state index in [-0.39, 0.29) is 5.91 Å². The van der Waals surface area contributed by atoms with Gasteiger partial charge in [-0.25, -0.2) is 0 Å². The maximum absolute atomic E-state index is 12.1. The predicted molar refractivity (Wildman–Crippen MR) is 99.0 cm³/mol. The van der Waals surface area contributed by atoms with Crippen LogP contribution >= 0.6 is 0 Å². The van der Waals surface area contributed by atoms with E-state index in [1.807, 2.05) is 48.3 Å². The number of nitrogens with one attached hydrogen (secondary N) is 1. The molecule has 0 aliphatic carbocycles. The lowest BCUT2D eigenvalue weighted by molar-refractivity contribution is -0.122. The second-order valence-electron chi connectivity index (χ2n) is 5.94. The molecule has 0 saturated heterocycles. The SMILES string of the molecule is COc1ccc(CN(C)CC(=O)NCCc2ccccc2)c(OC)c1. The van der Waals surface area contributed by atoms with Gasteiger partial charge in [-0.3, -0.25) is 9.69 Å². The van der Waals surface area contributed by atoms with Crippen molar-refractivity contribution >= 4 is 5.91 Å². The summed E-state index contributed by atoms with van der Waals surface area (Å²) in [6, 6.07) is 15.8. The number of ether oxygens (including phenoxy) is 2. The van der Waals surface area contributed by atoms with Crippen molar-refractivity contribution in [2.24, 2.45) is 0 Å². The Balaban J connectivity index is 1.79. The number of carbonyl (C=O) groups is 1. The lowest BCUT2D eigenvalue weighted by atomic mass is 10.1. The van der Waals surface area contributed by atoms with E-state index < -0.39 is 0 Å². The van der Waals surface area contributed by atoms with E-state index >= 15 is 0 Å². The summed E-state index contributed by atoms with van der Waals surface area (Å²) >= 11 is 0. The molecule has 0 spiro atoms. The van der Waals surface area contributed by atoms with Crippen LogP contribution < -0.4 is 14.8 Å². The molecule has 1 amide bonds. The van der Waals surface area contributed by atoms with Gasteiger partial charge in [-0.2, -0.15) is 0 Å². The zero-order valence-electron chi connectivity index (χ0n) is 15.1. The van der Waals surface area contributed by atoms with Gasteiger partial charge in [0.1, 0.15) is 11.5 Å². The number of amides is 1. The molecule has 0 aliphatic heterocycles. The number of carbonyl (C=O) groups excluding carboxylic acids is 1. The van der Waals surface area contributed by atoms with Crippen molar-refractivity contribution in [3.05, 3.63) is 59.7 Å². The molecule has 0 atom stereocenters. The van der Waals surface area contributed by atoms with Crippen molar-refractivity contribution < 1.29 is 14.3 Å². The first-order valence-electron chi connectivity index (χ1n) is 8.32. The molecule has 5 heteroatoms. The minimum absolute atomic E-state index is 0.0194. The number of benzene rings is 2. The fourth-order valence-corrected chi connectivity index (χ4v) is 2.62. The van der Waals surface area contributed by atoms with Crippen LogP contribution in [0.1, 0.15) is 11.1 Å². The van der Waals surface area contributed by atoms with Crippen LogP contribution in [0.2, 0.25) is 0 Å².